The van der Waals surface area contributed by atoms with Crippen LogP contribution in [0.2, 0.25) is 0 Å². The van der Waals surface area contributed by atoms with Crippen molar-refractivity contribution < 1.29 is 30.5 Å². The maximum absolute atomic E-state index is 10.8. The first-order chi connectivity index (χ1) is 18.8. The summed E-state index contributed by atoms with van der Waals surface area (Å²) in [6.07, 6.45) is 12.4. The molecule has 10 heteroatoms. The van der Waals surface area contributed by atoms with Crippen LogP contribution < -0.4 is 0 Å². The van der Waals surface area contributed by atoms with Crippen molar-refractivity contribution >= 4 is 30.5 Å². The third kappa shape index (κ3) is 20.3. The monoisotopic (exact) mass is 624 g/mol. The highest BCUT2D eigenvalue weighted by atomic mass is 32.2. The van der Waals surface area contributed by atoms with Gasteiger partial charge in [-0.3, -0.25) is 4.21 Å². The SMILES string of the molecule is CC1=CCOCC1.CC1=CCS(=O)(=O)CC1.CC1CCOCC1.CC1CCS(=O)(=O)CC1.CC1CCS(=O)CC1. The second-order valence-corrected chi connectivity index (χ2v) is 18.2. The molecule has 3 saturated heterocycles. The molecule has 0 unspecified atom stereocenters. The van der Waals surface area contributed by atoms with Gasteiger partial charge >= 0.3 is 0 Å². The molecule has 0 amide bonds. The summed E-state index contributed by atoms with van der Waals surface area (Å²) in [5.41, 5.74) is 2.66. The minimum absolute atomic E-state index is 0.249. The maximum Gasteiger partial charge on any atom is 0.154 e. The molecule has 236 valence electrons. The van der Waals surface area contributed by atoms with Crippen LogP contribution in [0, 0.1) is 17.8 Å². The van der Waals surface area contributed by atoms with Crippen LogP contribution >= 0.6 is 0 Å². The molecule has 0 aromatic rings. The zero-order valence-corrected chi connectivity index (χ0v) is 28.1. The molecule has 0 aromatic carbocycles. The predicted octanol–water partition coefficient (Wildman–Crippen LogP) is 5.53. The standard InChI is InChI=1S/C6H12O2S.C6H10O2S.C6H12OS.C6H12O.C6H10O/c2*1-6-2-4-9(7,8)5-3-6;1-6-2-4-8(7)5-3-6;2*1-6-2-4-7-5-3-6/h6H,2-5H2,1H3;2H,3-5H2,1H3;6H,2-5H2,1H3;6H,2-5H2,1H3;2H,3-5H2,1H3. The molecule has 5 rings (SSSR count). The summed E-state index contributed by atoms with van der Waals surface area (Å²) in [7, 11) is -5.77. The smallest absolute Gasteiger partial charge is 0.154 e. The third-order valence-electron chi connectivity index (χ3n) is 7.71. The first kappa shape index (κ1) is 37.5. The molecule has 0 atom stereocenters. The average Bonchev–Trinajstić information content (AvgIpc) is 2.92. The summed E-state index contributed by atoms with van der Waals surface area (Å²) in [5, 5.41) is 0. The minimum atomic E-state index is -2.69. The lowest BCUT2D eigenvalue weighted by Gasteiger charge is -2.16. The van der Waals surface area contributed by atoms with Crippen molar-refractivity contribution in [3.05, 3.63) is 23.3 Å². The Labute approximate surface area is 248 Å². The predicted molar refractivity (Wildman–Crippen MR) is 169 cm³/mol. The largest absolute Gasteiger partial charge is 0.381 e. The van der Waals surface area contributed by atoms with Gasteiger partial charge in [-0.2, -0.15) is 0 Å². The van der Waals surface area contributed by atoms with E-state index in [1.807, 2.05) is 6.92 Å². The molecule has 5 heterocycles. The van der Waals surface area contributed by atoms with Crippen molar-refractivity contribution in [2.75, 3.05) is 60.9 Å². The van der Waals surface area contributed by atoms with E-state index in [-0.39, 0.29) is 5.75 Å². The van der Waals surface area contributed by atoms with E-state index >= 15 is 0 Å². The molecule has 0 aliphatic carbocycles. The van der Waals surface area contributed by atoms with E-state index in [9.17, 15) is 21.0 Å². The van der Waals surface area contributed by atoms with Gasteiger partial charge < -0.3 is 9.47 Å². The van der Waals surface area contributed by atoms with E-state index in [0.717, 1.165) is 75.5 Å². The van der Waals surface area contributed by atoms with Crippen LogP contribution in [0.5, 0.6) is 0 Å². The Hall–Kier alpha value is -0.550. The highest BCUT2D eigenvalue weighted by Gasteiger charge is 2.20. The fourth-order valence-electron chi connectivity index (χ4n) is 4.13. The number of sulfone groups is 2. The Morgan fingerprint density at radius 3 is 1.50 bits per heavy atom. The second kappa shape index (κ2) is 20.4. The fraction of sp³-hybridized carbons (Fsp3) is 0.867. The van der Waals surface area contributed by atoms with Gasteiger partial charge in [-0.15, -0.1) is 0 Å². The topological polar surface area (TPSA) is 104 Å². The van der Waals surface area contributed by atoms with Crippen molar-refractivity contribution in [1.82, 2.24) is 0 Å². The van der Waals surface area contributed by atoms with Crippen LogP contribution in [0.3, 0.4) is 0 Å². The van der Waals surface area contributed by atoms with Gasteiger partial charge in [0.2, 0.25) is 0 Å². The van der Waals surface area contributed by atoms with Crippen molar-refractivity contribution in [2.45, 2.75) is 86.0 Å². The molecule has 5 aliphatic rings. The van der Waals surface area contributed by atoms with Crippen LogP contribution in [0.1, 0.15) is 86.0 Å². The quantitative estimate of drug-likeness (QED) is 0.326. The summed E-state index contributed by atoms with van der Waals surface area (Å²) in [6.45, 7) is 14.4. The highest BCUT2D eigenvalue weighted by molar-refractivity contribution is 7.91. The molecule has 40 heavy (non-hydrogen) atoms. The van der Waals surface area contributed by atoms with E-state index < -0.39 is 30.5 Å². The lowest BCUT2D eigenvalue weighted by Crippen LogP contribution is -2.21. The Morgan fingerprint density at radius 2 is 1.18 bits per heavy atom. The Balaban J connectivity index is 0.000000251. The Morgan fingerprint density at radius 1 is 0.650 bits per heavy atom. The molecule has 0 bridgehead atoms. The zero-order valence-electron chi connectivity index (χ0n) is 25.7. The van der Waals surface area contributed by atoms with Crippen molar-refractivity contribution in [2.24, 2.45) is 17.8 Å². The molecular formula is C30H56O7S3. The molecule has 5 aliphatic heterocycles. The molecule has 0 saturated carbocycles. The minimum Gasteiger partial charge on any atom is -0.381 e. The van der Waals surface area contributed by atoms with Crippen molar-refractivity contribution in [3.63, 3.8) is 0 Å². The molecule has 3 fully saturated rings. The lowest BCUT2D eigenvalue weighted by molar-refractivity contribution is 0.0716. The number of allylic oxidation sites excluding steroid dienone is 1. The van der Waals surface area contributed by atoms with Gasteiger partial charge in [-0.1, -0.05) is 44.1 Å². The van der Waals surface area contributed by atoms with Crippen LogP contribution in [0.4, 0.5) is 0 Å². The lowest BCUT2D eigenvalue weighted by atomic mass is 10.0. The summed E-state index contributed by atoms with van der Waals surface area (Å²) in [4.78, 5) is 0. The van der Waals surface area contributed by atoms with E-state index in [1.165, 1.54) is 36.8 Å². The summed E-state index contributed by atoms with van der Waals surface area (Å²) in [6, 6.07) is 0. The summed E-state index contributed by atoms with van der Waals surface area (Å²) < 4.78 is 64.0. The number of hydrogen-bond acceptors (Lipinski definition) is 7. The van der Waals surface area contributed by atoms with Gasteiger partial charge in [0.25, 0.3) is 0 Å². The number of rotatable bonds is 0. The summed E-state index contributed by atoms with van der Waals surface area (Å²) >= 11 is 0. The van der Waals surface area contributed by atoms with Crippen LogP contribution in [0.25, 0.3) is 0 Å². The molecular weight excluding hydrogens is 569 g/mol. The third-order valence-corrected chi connectivity index (χ3v) is 12.3. The number of hydrogen-bond donors (Lipinski definition) is 0. The van der Waals surface area contributed by atoms with Crippen molar-refractivity contribution in [1.29, 1.82) is 0 Å². The molecule has 0 radical (unpaired) electrons. The van der Waals surface area contributed by atoms with Gasteiger partial charge in [-0.25, -0.2) is 16.8 Å². The van der Waals surface area contributed by atoms with E-state index in [0.29, 0.717) is 23.2 Å². The second-order valence-electron chi connectivity index (χ2n) is 12.0. The van der Waals surface area contributed by atoms with Gasteiger partial charge in [0, 0.05) is 35.5 Å². The van der Waals surface area contributed by atoms with Gasteiger partial charge in [0.15, 0.2) is 9.84 Å². The number of ether oxygens (including phenoxy) is 2. The van der Waals surface area contributed by atoms with Gasteiger partial charge in [-0.05, 0) is 83.0 Å². The van der Waals surface area contributed by atoms with E-state index in [1.54, 1.807) is 6.08 Å². The molecule has 0 N–H and O–H groups in total. The van der Waals surface area contributed by atoms with Gasteiger partial charge in [0.1, 0.15) is 9.84 Å². The van der Waals surface area contributed by atoms with Gasteiger partial charge in [0.05, 0.1) is 36.2 Å². The van der Waals surface area contributed by atoms with Crippen LogP contribution in [-0.2, 0) is 39.9 Å². The molecule has 7 nitrogen and oxygen atoms in total. The highest BCUT2D eigenvalue weighted by Crippen LogP contribution is 2.17. The Kier molecular flexibility index (Phi) is 19.1. The first-order valence-electron chi connectivity index (χ1n) is 15.0. The molecule has 0 spiro atoms. The van der Waals surface area contributed by atoms with Crippen molar-refractivity contribution in [3.8, 4) is 0 Å². The zero-order chi connectivity index (χ0) is 30.0. The normalized spacial score (nSPS) is 28.1. The first-order valence-corrected chi connectivity index (χ1v) is 20.1. The summed E-state index contributed by atoms with van der Waals surface area (Å²) in [5.74, 6) is 5.66. The van der Waals surface area contributed by atoms with Crippen LogP contribution in [-0.4, -0.2) is 82.0 Å². The van der Waals surface area contributed by atoms with E-state index in [2.05, 4.69) is 33.8 Å². The average molecular weight is 625 g/mol. The van der Waals surface area contributed by atoms with E-state index in [4.69, 9.17) is 9.47 Å². The molecule has 0 aromatic heterocycles. The maximum atomic E-state index is 10.8. The Bertz CT molecular complexity index is 970. The van der Waals surface area contributed by atoms with Crippen LogP contribution in [0.15, 0.2) is 23.3 Å². The fourth-order valence-corrected chi connectivity index (χ4v) is 8.73.